The van der Waals surface area contributed by atoms with Gasteiger partial charge < -0.3 is 10.2 Å². The summed E-state index contributed by atoms with van der Waals surface area (Å²) in [6.45, 7) is 1.58. The molecule has 1 amide bonds. The van der Waals surface area contributed by atoms with E-state index in [4.69, 9.17) is 0 Å². The van der Waals surface area contributed by atoms with E-state index in [0.29, 0.717) is 6.04 Å². The van der Waals surface area contributed by atoms with Crippen molar-refractivity contribution >= 4 is 18.3 Å². The van der Waals surface area contributed by atoms with Crippen LogP contribution in [0.5, 0.6) is 0 Å². The average Bonchev–Trinajstić information content (AvgIpc) is 3.10. The van der Waals surface area contributed by atoms with Gasteiger partial charge in [0.1, 0.15) is 0 Å². The Kier molecular flexibility index (Phi) is 6.19. The Labute approximate surface area is 143 Å². The maximum absolute atomic E-state index is 13.1. The van der Waals surface area contributed by atoms with Gasteiger partial charge in [0.05, 0.1) is 0 Å². The van der Waals surface area contributed by atoms with Crippen LogP contribution >= 0.6 is 12.4 Å². The minimum absolute atomic E-state index is 0. The van der Waals surface area contributed by atoms with E-state index in [1.165, 1.54) is 0 Å². The van der Waals surface area contributed by atoms with Crippen LogP contribution in [0, 0.1) is 0 Å². The van der Waals surface area contributed by atoms with E-state index in [1.54, 1.807) is 10.9 Å². The topological polar surface area (TPSA) is 50.2 Å². The molecule has 1 aromatic heterocycles. The van der Waals surface area contributed by atoms with Crippen LogP contribution in [0.4, 0.5) is 0 Å². The lowest BCUT2D eigenvalue weighted by Crippen LogP contribution is -2.49. The molecule has 0 spiro atoms. The van der Waals surface area contributed by atoms with Crippen molar-refractivity contribution in [3.8, 4) is 0 Å². The summed E-state index contributed by atoms with van der Waals surface area (Å²) < 4.78 is 1.75. The molecule has 1 aliphatic rings. The third-order valence-electron chi connectivity index (χ3n) is 4.28. The largest absolute Gasteiger partial charge is 0.339 e. The van der Waals surface area contributed by atoms with E-state index >= 15 is 0 Å². The number of halogens is 1. The molecule has 1 saturated heterocycles. The maximum Gasteiger partial charge on any atom is 0.252 e. The molecule has 0 radical (unpaired) electrons. The van der Waals surface area contributed by atoms with Crippen LogP contribution in [0.25, 0.3) is 0 Å². The second kappa shape index (κ2) is 8.13. The smallest absolute Gasteiger partial charge is 0.252 e. The highest BCUT2D eigenvalue weighted by Gasteiger charge is 2.30. The molecule has 124 valence electrons. The van der Waals surface area contributed by atoms with Gasteiger partial charge in [-0.2, -0.15) is 5.10 Å². The molecule has 6 heteroatoms. The van der Waals surface area contributed by atoms with E-state index < -0.39 is 0 Å². The van der Waals surface area contributed by atoms with Gasteiger partial charge in [0.2, 0.25) is 0 Å². The van der Waals surface area contributed by atoms with Gasteiger partial charge in [0.25, 0.3) is 5.91 Å². The van der Waals surface area contributed by atoms with Gasteiger partial charge in [-0.1, -0.05) is 30.3 Å². The van der Waals surface area contributed by atoms with Crippen LogP contribution in [0.15, 0.2) is 48.8 Å². The van der Waals surface area contributed by atoms with E-state index in [0.717, 1.165) is 31.5 Å². The summed E-state index contributed by atoms with van der Waals surface area (Å²) in [7, 11) is 1.96. The number of aromatic nitrogens is 2. The van der Waals surface area contributed by atoms with Crippen LogP contribution < -0.4 is 5.32 Å². The highest BCUT2D eigenvalue weighted by molar-refractivity contribution is 5.85. The maximum atomic E-state index is 13.1. The molecule has 1 fully saturated rings. The van der Waals surface area contributed by atoms with Crippen molar-refractivity contribution < 1.29 is 4.79 Å². The summed E-state index contributed by atoms with van der Waals surface area (Å²) in [5.41, 5.74) is 0.975. The molecule has 0 saturated carbocycles. The van der Waals surface area contributed by atoms with Crippen molar-refractivity contribution in [1.29, 1.82) is 0 Å². The van der Waals surface area contributed by atoms with Crippen LogP contribution in [-0.2, 0) is 4.79 Å². The number of carbonyl (C=O) groups is 1. The number of benzene rings is 1. The van der Waals surface area contributed by atoms with Crippen molar-refractivity contribution in [3.05, 3.63) is 54.4 Å². The fourth-order valence-electron chi connectivity index (χ4n) is 3.06. The van der Waals surface area contributed by atoms with Gasteiger partial charge in [-0.25, -0.2) is 0 Å². The van der Waals surface area contributed by atoms with Gasteiger partial charge >= 0.3 is 0 Å². The van der Waals surface area contributed by atoms with Crippen molar-refractivity contribution in [2.45, 2.75) is 24.9 Å². The normalized spacial score (nSPS) is 19.0. The van der Waals surface area contributed by atoms with E-state index in [2.05, 4.69) is 10.4 Å². The van der Waals surface area contributed by atoms with Gasteiger partial charge in [-0.3, -0.25) is 9.48 Å². The Morgan fingerprint density at radius 2 is 2.09 bits per heavy atom. The summed E-state index contributed by atoms with van der Waals surface area (Å²) in [5.74, 6) is 0.120. The molecule has 0 bridgehead atoms. The number of rotatable bonds is 4. The molecule has 1 N–H and O–H groups in total. The van der Waals surface area contributed by atoms with Crippen molar-refractivity contribution in [3.63, 3.8) is 0 Å². The number of nitrogens with one attached hydrogen (secondary N) is 1. The molecule has 2 atom stereocenters. The number of hydrogen-bond acceptors (Lipinski definition) is 3. The van der Waals surface area contributed by atoms with Gasteiger partial charge in [-0.05, 0) is 31.5 Å². The standard InChI is InChI=1S/C17H22N4O.ClH/c1-18-15-9-5-11-20(13-15)17(22)16(21-12-6-10-19-21)14-7-3-2-4-8-14;/h2-4,6-8,10,12,15-16,18H,5,9,11,13H2,1H3;1H. The zero-order chi connectivity index (χ0) is 15.4. The highest BCUT2D eigenvalue weighted by atomic mass is 35.5. The van der Waals surface area contributed by atoms with Crippen LogP contribution in [0.1, 0.15) is 24.4 Å². The number of likely N-dealkylation sites (tertiary alicyclic amines) is 1. The first-order valence-corrected chi connectivity index (χ1v) is 7.79. The summed E-state index contributed by atoms with van der Waals surface area (Å²) in [5, 5.41) is 7.59. The molecule has 5 nitrogen and oxygen atoms in total. The quantitative estimate of drug-likeness (QED) is 0.931. The third-order valence-corrected chi connectivity index (χ3v) is 4.28. The number of piperidine rings is 1. The fourth-order valence-corrected chi connectivity index (χ4v) is 3.06. The molecular weight excluding hydrogens is 312 g/mol. The Hall–Kier alpha value is -1.85. The van der Waals surface area contributed by atoms with Crippen molar-refractivity contribution in [2.75, 3.05) is 20.1 Å². The molecular formula is C17H23ClN4O. The minimum atomic E-state index is -0.383. The molecule has 2 heterocycles. The zero-order valence-electron chi connectivity index (χ0n) is 13.3. The molecule has 1 aliphatic heterocycles. The molecule has 0 aliphatic carbocycles. The lowest BCUT2D eigenvalue weighted by atomic mass is 10.0. The predicted molar refractivity (Wildman–Crippen MR) is 92.7 cm³/mol. The third kappa shape index (κ3) is 3.92. The lowest BCUT2D eigenvalue weighted by Gasteiger charge is -2.35. The second-order valence-electron chi connectivity index (χ2n) is 5.71. The first-order valence-electron chi connectivity index (χ1n) is 7.79. The second-order valence-corrected chi connectivity index (χ2v) is 5.71. The first-order chi connectivity index (χ1) is 10.8. The molecule has 2 aromatic rings. The van der Waals surface area contributed by atoms with E-state index in [-0.39, 0.29) is 24.4 Å². The predicted octanol–water partition coefficient (Wildman–Crippen LogP) is 2.10. The Morgan fingerprint density at radius 3 is 2.74 bits per heavy atom. The van der Waals surface area contributed by atoms with Crippen LogP contribution in [-0.4, -0.2) is 46.8 Å². The van der Waals surface area contributed by atoms with E-state index in [1.807, 2.05) is 54.5 Å². The summed E-state index contributed by atoms with van der Waals surface area (Å²) in [6.07, 6.45) is 5.74. The first kappa shape index (κ1) is 17.5. The highest BCUT2D eigenvalue weighted by Crippen LogP contribution is 2.22. The summed E-state index contributed by atoms with van der Waals surface area (Å²) in [4.78, 5) is 15.1. The van der Waals surface area contributed by atoms with Crippen LogP contribution in [0.3, 0.4) is 0 Å². The van der Waals surface area contributed by atoms with Gasteiger partial charge in [0.15, 0.2) is 6.04 Å². The number of hydrogen-bond donors (Lipinski definition) is 1. The van der Waals surface area contributed by atoms with Gasteiger partial charge in [0, 0.05) is 31.5 Å². The fraction of sp³-hybridized carbons (Fsp3) is 0.412. The van der Waals surface area contributed by atoms with E-state index in [9.17, 15) is 4.79 Å². The number of carbonyl (C=O) groups excluding carboxylic acids is 1. The van der Waals surface area contributed by atoms with Crippen LogP contribution in [0.2, 0.25) is 0 Å². The lowest BCUT2D eigenvalue weighted by molar-refractivity contribution is -0.135. The number of nitrogens with zero attached hydrogens (tertiary/aromatic N) is 3. The number of likely N-dealkylation sites (N-methyl/N-ethyl adjacent to an activating group) is 1. The van der Waals surface area contributed by atoms with Crippen molar-refractivity contribution in [1.82, 2.24) is 20.0 Å². The molecule has 2 unspecified atom stereocenters. The summed E-state index contributed by atoms with van der Waals surface area (Å²) in [6, 6.07) is 11.7. The minimum Gasteiger partial charge on any atom is -0.339 e. The SMILES string of the molecule is CNC1CCCN(C(=O)C(c2ccccc2)n2cccn2)C1.Cl. The van der Waals surface area contributed by atoms with Crippen molar-refractivity contribution in [2.24, 2.45) is 0 Å². The molecule has 23 heavy (non-hydrogen) atoms. The monoisotopic (exact) mass is 334 g/mol. The van der Waals surface area contributed by atoms with Gasteiger partial charge in [-0.15, -0.1) is 12.4 Å². The summed E-state index contributed by atoms with van der Waals surface area (Å²) >= 11 is 0. The zero-order valence-corrected chi connectivity index (χ0v) is 14.1. The molecule has 1 aromatic carbocycles. The number of amides is 1. The Morgan fingerprint density at radius 1 is 1.30 bits per heavy atom. The Bertz CT molecular complexity index is 602. The average molecular weight is 335 g/mol. The molecule has 3 rings (SSSR count). The Balaban J connectivity index is 0.00000192.